The van der Waals surface area contributed by atoms with Gasteiger partial charge in [0.2, 0.25) is 6.17 Å². The first-order valence-electron chi connectivity index (χ1n) is 3.45. The number of alkyl halides is 1. The summed E-state index contributed by atoms with van der Waals surface area (Å²) in [6.07, 6.45) is 0.138. The van der Waals surface area contributed by atoms with Crippen molar-refractivity contribution in [1.29, 1.82) is 0 Å². The van der Waals surface area contributed by atoms with Crippen LogP contribution in [0.5, 0.6) is 0 Å². The molecule has 1 heterocycles. The molecule has 2 nitrogen and oxygen atoms in total. The van der Waals surface area contributed by atoms with E-state index >= 15 is 0 Å². The van der Waals surface area contributed by atoms with Gasteiger partial charge in [0.05, 0.1) is 0 Å². The van der Waals surface area contributed by atoms with Gasteiger partial charge >= 0.3 is 0 Å². The minimum absolute atomic E-state index is 0.138. The second-order valence-electron chi connectivity index (χ2n) is 2.48. The maximum absolute atomic E-state index is 3.84. The van der Waals surface area contributed by atoms with E-state index in [1.54, 1.807) is 0 Å². The van der Waals surface area contributed by atoms with E-state index in [0.717, 1.165) is 5.33 Å². The van der Waals surface area contributed by atoms with Gasteiger partial charge < -0.3 is 0 Å². The Morgan fingerprint density at radius 1 is 1.18 bits per heavy atom. The highest BCUT2D eigenvalue weighted by Gasteiger charge is 2.17. The van der Waals surface area contributed by atoms with Crippen LogP contribution in [0.3, 0.4) is 0 Å². The van der Waals surface area contributed by atoms with E-state index < -0.39 is 0 Å². The molecule has 0 aliphatic carbocycles. The third-order valence-corrected chi connectivity index (χ3v) is 2.31. The van der Waals surface area contributed by atoms with Gasteiger partial charge in [0.1, 0.15) is 0 Å². The molecule has 0 amide bonds. The summed E-state index contributed by atoms with van der Waals surface area (Å²) in [5.41, 5.74) is 2.48. The highest BCUT2D eigenvalue weighted by molar-refractivity contribution is 9.08. The SMILES string of the molecule is BrCc1ccc(C2N=N2)cc1. The molecule has 0 unspecified atom stereocenters. The van der Waals surface area contributed by atoms with Crippen LogP contribution in [0.15, 0.2) is 34.5 Å². The van der Waals surface area contributed by atoms with Crippen LogP contribution in [0.2, 0.25) is 0 Å². The molecule has 0 saturated carbocycles. The van der Waals surface area contributed by atoms with Crippen LogP contribution >= 0.6 is 15.9 Å². The molecule has 2 rings (SSSR count). The quantitative estimate of drug-likeness (QED) is 0.671. The zero-order valence-electron chi connectivity index (χ0n) is 5.87. The summed E-state index contributed by atoms with van der Waals surface area (Å²) in [4.78, 5) is 0. The summed E-state index contributed by atoms with van der Waals surface area (Å²) in [6, 6.07) is 8.32. The molecule has 11 heavy (non-hydrogen) atoms. The molecule has 0 N–H and O–H groups in total. The number of halogens is 1. The number of hydrogen-bond donors (Lipinski definition) is 0. The molecular weight excluding hydrogens is 204 g/mol. The maximum atomic E-state index is 3.84. The Hall–Kier alpha value is -0.700. The first-order chi connectivity index (χ1) is 5.40. The van der Waals surface area contributed by atoms with Crippen LogP contribution in [0.1, 0.15) is 17.3 Å². The molecule has 1 aromatic rings. The number of benzene rings is 1. The van der Waals surface area contributed by atoms with E-state index in [-0.39, 0.29) is 6.17 Å². The monoisotopic (exact) mass is 210 g/mol. The minimum atomic E-state index is 0.138. The highest BCUT2D eigenvalue weighted by atomic mass is 79.9. The molecule has 0 atom stereocenters. The van der Waals surface area contributed by atoms with Crippen molar-refractivity contribution >= 4 is 15.9 Å². The largest absolute Gasteiger partial charge is 0.206 e. The lowest BCUT2D eigenvalue weighted by molar-refractivity contribution is 1.05. The van der Waals surface area contributed by atoms with Gasteiger partial charge in [-0.05, 0) is 5.56 Å². The van der Waals surface area contributed by atoms with Crippen LogP contribution in [-0.2, 0) is 5.33 Å². The lowest BCUT2D eigenvalue weighted by Crippen LogP contribution is -1.81. The second-order valence-corrected chi connectivity index (χ2v) is 3.04. The van der Waals surface area contributed by atoms with E-state index in [1.807, 2.05) is 0 Å². The summed E-state index contributed by atoms with van der Waals surface area (Å²) in [6.45, 7) is 0. The Bertz CT molecular complexity index is 273. The molecule has 56 valence electrons. The molecule has 3 heteroatoms. The average molecular weight is 211 g/mol. The third kappa shape index (κ3) is 1.48. The molecule has 0 fully saturated rings. The first-order valence-corrected chi connectivity index (χ1v) is 4.57. The molecular formula is C8H7BrN2. The van der Waals surface area contributed by atoms with Gasteiger partial charge in [-0.2, -0.15) is 10.2 Å². The number of hydrogen-bond acceptors (Lipinski definition) is 2. The lowest BCUT2D eigenvalue weighted by Gasteiger charge is -1.96. The van der Waals surface area contributed by atoms with E-state index in [2.05, 4.69) is 50.4 Å². The molecule has 1 aromatic carbocycles. The van der Waals surface area contributed by atoms with Crippen LogP contribution < -0.4 is 0 Å². The standard InChI is InChI=1S/C8H7BrN2/c9-5-6-1-3-7(4-2-6)8-10-11-8/h1-4,8H,5H2. The Balaban J connectivity index is 2.19. The van der Waals surface area contributed by atoms with Gasteiger partial charge in [-0.1, -0.05) is 40.2 Å². The second kappa shape index (κ2) is 2.74. The molecule has 0 bridgehead atoms. The normalized spacial score (nSPS) is 15.4. The number of nitrogens with zero attached hydrogens (tertiary/aromatic N) is 2. The summed E-state index contributed by atoms with van der Waals surface area (Å²) in [7, 11) is 0. The fourth-order valence-corrected chi connectivity index (χ4v) is 1.32. The summed E-state index contributed by atoms with van der Waals surface area (Å²) < 4.78 is 0. The summed E-state index contributed by atoms with van der Waals surface area (Å²) >= 11 is 3.39. The predicted molar refractivity (Wildman–Crippen MR) is 46.7 cm³/mol. The Labute approximate surface area is 73.5 Å². The van der Waals surface area contributed by atoms with Crippen LogP contribution in [-0.4, -0.2) is 0 Å². The van der Waals surface area contributed by atoms with Gasteiger partial charge in [-0.25, -0.2) is 0 Å². The zero-order chi connectivity index (χ0) is 7.68. The summed E-state index contributed by atoms with van der Waals surface area (Å²) in [5, 5.41) is 8.59. The van der Waals surface area contributed by atoms with Crippen molar-refractivity contribution in [3.05, 3.63) is 35.4 Å². The highest BCUT2D eigenvalue weighted by Crippen LogP contribution is 2.30. The van der Waals surface area contributed by atoms with Crippen molar-refractivity contribution in [1.82, 2.24) is 0 Å². The van der Waals surface area contributed by atoms with E-state index in [4.69, 9.17) is 0 Å². The first kappa shape index (κ1) is 6.98. The van der Waals surface area contributed by atoms with Crippen molar-refractivity contribution in [3.8, 4) is 0 Å². The van der Waals surface area contributed by atoms with Crippen molar-refractivity contribution in [2.75, 3.05) is 0 Å². The molecule has 0 radical (unpaired) electrons. The van der Waals surface area contributed by atoms with Gasteiger partial charge in [0.25, 0.3) is 0 Å². The predicted octanol–water partition coefficient (Wildman–Crippen LogP) is 3.05. The topological polar surface area (TPSA) is 24.7 Å². The zero-order valence-corrected chi connectivity index (χ0v) is 7.45. The average Bonchev–Trinajstić information content (AvgIpc) is 2.87. The third-order valence-electron chi connectivity index (χ3n) is 1.66. The molecule has 0 aromatic heterocycles. The van der Waals surface area contributed by atoms with Crippen LogP contribution in [0.25, 0.3) is 0 Å². The molecule has 0 saturated heterocycles. The van der Waals surface area contributed by atoms with Crippen molar-refractivity contribution in [2.45, 2.75) is 11.5 Å². The molecule has 1 aliphatic rings. The van der Waals surface area contributed by atoms with Crippen LogP contribution in [0.4, 0.5) is 0 Å². The lowest BCUT2D eigenvalue weighted by atomic mass is 10.1. The van der Waals surface area contributed by atoms with Crippen molar-refractivity contribution < 1.29 is 0 Å². The van der Waals surface area contributed by atoms with Gasteiger partial charge in [0, 0.05) is 10.9 Å². The summed E-state index contributed by atoms with van der Waals surface area (Å²) in [5.74, 6) is 0. The minimum Gasteiger partial charge on any atom is -0.157 e. The Morgan fingerprint density at radius 3 is 2.27 bits per heavy atom. The Morgan fingerprint density at radius 2 is 1.82 bits per heavy atom. The van der Waals surface area contributed by atoms with Crippen molar-refractivity contribution in [3.63, 3.8) is 0 Å². The number of rotatable bonds is 2. The van der Waals surface area contributed by atoms with E-state index in [9.17, 15) is 0 Å². The fraction of sp³-hybridized carbons (Fsp3) is 0.250. The molecule has 1 aliphatic heterocycles. The van der Waals surface area contributed by atoms with Gasteiger partial charge in [0.15, 0.2) is 0 Å². The molecule has 0 spiro atoms. The smallest absolute Gasteiger partial charge is 0.157 e. The van der Waals surface area contributed by atoms with E-state index in [1.165, 1.54) is 11.1 Å². The van der Waals surface area contributed by atoms with Gasteiger partial charge in [-0.15, -0.1) is 0 Å². The Kier molecular flexibility index (Phi) is 1.74. The van der Waals surface area contributed by atoms with Crippen molar-refractivity contribution in [2.24, 2.45) is 10.2 Å². The maximum Gasteiger partial charge on any atom is 0.206 e. The fourth-order valence-electron chi connectivity index (χ4n) is 0.946. The van der Waals surface area contributed by atoms with E-state index in [0.29, 0.717) is 0 Å². The van der Waals surface area contributed by atoms with Crippen LogP contribution in [0, 0.1) is 0 Å². The van der Waals surface area contributed by atoms with Gasteiger partial charge in [-0.3, -0.25) is 0 Å².